The maximum Gasteiger partial charge on any atom is 0.123 e. The van der Waals surface area contributed by atoms with Crippen LogP contribution < -0.4 is 10.1 Å². The van der Waals surface area contributed by atoms with Crippen molar-refractivity contribution < 1.29 is 4.74 Å². The molecule has 0 fully saturated rings. The maximum atomic E-state index is 6.10. The fourth-order valence-electron chi connectivity index (χ4n) is 2.29. The SMILES string of the molecule is CNC(CCc1ccncc1)c1cc(Cl)ccc1OC. The van der Waals surface area contributed by atoms with Gasteiger partial charge < -0.3 is 10.1 Å². The molecule has 3 nitrogen and oxygen atoms in total. The highest BCUT2D eigenvalue weighted by molar-refractivity contribution is 6.30. The molecule has 0 saturated heterocycles. The zero-order chi connectivity index (χ0) is 14.4. The van der Waals surface area contributed by atoms with Crippen molar-refractivity contribution >= 4 is 11.6 Å². The number of aryl methyl sites for hydroxylation is 1. The molecule has 0 aliphatic heterocycles. The molecule has 106 valence electrons. The van der Waals surface area contributed by atoms with E-state index in [1.165, 1.54) is 5.56 Å². The molecule has 2 rings (SSSR count). The van der Waals surface area contributed by atoms with E-state index in [9.17, 15) is 0 Å². The highest BCUT2D eigenvalue weighted by atomic mass is 35.5. The molecule has 0 spiro atoms. The van der Waals surface area contributed by atoms with Gasteiger partial charge >= 0.3 is 0 Å². The van der Waals surface area contributed by atoms with Gasteiger partial charge in [-0.05, 0) is 55.8 Å². The summed E-state index contributed by atoms with van der Waals surface area (Å²) < 4.78 is 5.43. The van der Waals surface area contributed by atoms with Crippen molar-refractivity contribution in [1.29, 1.82) is 0 Å². The van der Waals surface area contributed by atoms with E-state index < -0.39 is 0 Å². The van der Waals surface area contributed by atoms with Crippen LogP contribution in [0.1, 0.15) is 23.6 Å². The number of aromatic nitrogens is 1. The number of halogens is 1. The lowest BCUT2D eigenvalue weighted by Crippen LogP contribution is -2.18. The van der Waals surface area contributed by atoms with Crippen LogP contribution in [0.2, 0.25) is 5.02 Å². The predicted molar refractivity (Wildman–Crippen MR) is 82.4 cm³/mol. The minimum Gasteiger partial charge on any atom is -0.496 e. The Balaban J connectivity index is 2.14. The van der Waals surface area contributed by atoms with Crippen molar-refractivity contribution in [3.63, 3.8) is 0 Å². The molecular weight excluding hydrogens is 272 g/mol. The molecule has 20 heavy (non-hydrogen) atoms. The first-order chi connectivity index (χ1) is 9.74. The van der Waals surface area contributed by atoms with Gasteiger partial charge in [-0.1, -0.05) is 11.6 Å². The molecule has 0 aliphatic rings. The third-order valence-corrected chi connectivity index (χ3v) is 3.62. The van der Waals surface area contributed by atoms with Gasteiger partial charge in [-0.15, -0.1) is 0 Å². The lowest BCUT2D eigenvalue weighted by Gasteiger charge is -2.19. The summed E-state index contributed by atoms with van der Waals surface area (Å²) in [6, 6.07) is 10.0. The second-order valence-corrected chi connectivity index (χ2v) is 5.06. The van der Waals surface area contributed by atoms with Crippen LogP contribution in [-0.2, 0) is 6.42 Å². The summed E-state index contributed by atoms with van der Waals surface area (Å²) in [5.41, 5.74) is 2.37. The standard InChI is InChI=1S/C16H19ClN2O/c1-18-15(5-3-12-7-9-19-10-8-12)14-11-13(17)4-6-16(14)20-2/h4,6-11,15,18H,3,5H2,1-2H3. The van der Waals surface area contributed by atoms with Crippen LogP contribution in [0.4, 0.5) is 0 Å². The third kappa shape index (κ3) is 3.71. The number of benzene rings is 1. The van der Waals surface area contributed by atoms with Crippen molar-refractivity contribution in [2.24, 2.45) is 0 Å². The average Bonchev–Trinajstić information content (AvgIpc) is 2.49. The van der Waals surface area contributed by atoms with E-state index in [4.69, 9.17) is 16.3 Å². The maximum absolute atomic E-state index is 6.10. The first-order valence-corrected chi connectivity index (χ1v) is 7.02. The zero-order valence-electron chi connectivity index (χ0n) is 11.8. The molecule has 0 radical (unpaired) electrons. The first-order valence-electron chi connectivity index (χ1n) is 6.64. The molecule has 1 atom stereocenters. The van der Waals surface area contributed by atoms with Crippen molar-refractivity contribution in [3.8, 4) is 5.75 Å². The van der Waals surface area contributed by atoms with E-state index in [1.54, 1.807) is 7.11 Å². The Kier molecular flexibility index (Phi) is 5.39. The van der Waals surface area contributed by atoms with Crippen molar-refractivity contribution in [1.82, 2.24) is 10.3 Å². The van der Waals surface area contributed by atoms with Crippen LogP contribution in [0.15, 0.2) is 42.7 Å². The number of nitrogens with one attached hydrogen (secondary N) is 1. The average molecular weight is 291 g/mol. The second kappa shape index (κ2) is 7.27. The normalized spacial score (nSPS) is 12.2. The Morgan fingerprint density at radius 2 is 2.00 bits per heavy atom. The number of pyridine rings is 1. The predicted octanol–water partition coefficient (Wildman–Crippen LogP) is 3.64. The Labute approximate surface area is 124 Å². The number of rotatable bonds is 6. The Bertz CT molecular complexity index is 545. The minimum absolute atomic E-state index is 0.205. The van der Waals surface area contributed by atoms with Gasteiger partial charge in [0.1, 0.15) is 5.75 Å². The summed E-state index contributed by atoms with van der Waals surface area (Å²) in [7, 11) is 3.64. The van der Waals surface area contributed by atoms with E-state index in [1.807, 2.05) is 49.8 Å². The molecular formula is C16H19ClN2O. The first kappa shape index (κ1) is 14.8. The van der Waals surface area contributed by atoms with Gasteiger partial charge in [0.15, 0.2) is 0 Å². The van der Waals surface area contributed by atoms with Crippen molar-refractivity contribution in [2.45, 2.75) is 18.9 Å². The summed E-state index contributed by atoms with van der Waals surface area (Å²) >= 11 is 6.10. The quantitative estimate of drug-likeness (QED) is 0.882. The number of hydrogen-bond acceptors (Lipinski definition) is 3. The lowest BCUT2D eigenvalue weighted by molar-refractivity contribution is 0.399. The third-order valence-electron chi connectivity index (χ3n) is 3.39. The Hall–Kier alpha value is -1.58. The van der Waals surface area contributed by atoms with Gasteiger partial charge in [0.2, 0.25) is 0 Å². The van der Waals surface area contributed by atoms with Crippen LogP contribution in [0.25, 0.3) is 0 Å². The van der Waals surface area contributed by atoms with Crippen LogP contribution in [0, 0.1) is 0 Å². The van der Waals surface area contributed by atoms with Crippen molar-refractivity contribution in [2.75, 3.05) is 14.2 Å². The van der Waals surface area contributed by atoms with Gasteiger partial charge in [0, 0.05) is 29.0 Å². The topological polar surface area (TPSA) is 34.2 Å². The van der Waals surface area contributed by atoms with Crippen LogP contribution in [0.5, 0.6) is 5.75 Å². The van der Waals surface area contributed by atoms with Gasteiger partial charge in [-0.3, -0.25) is 4.98 Å². The summed E-state index contributed by atoms with van der Waals surface area (Å²) in [6.07, 6.45) is 5.59. The molecule has 1 heterocycles. The summed E-state index contributed by atoms with van der Waals surface area (Å²) in [5.74, 6) is 0.864. The Morgan fingerprint density at radius 1 is 1.25 bits per heavy atom. The van der Waals surface area contributed by atoms with Crippen LogP contribution in [-0.4, -0.2) is 19.1 Å². The fraction of sp³-hybridized carbons (Fsp3) is 0.312. The highest BCUT2D eigenvalue weighted by Gasteiger charge is 2.15. The van der Waals surface area contributed by atoms with E-state index in [0.717, 1.165) is 29.2 Å². The molecule has 1 unspecified atom stereocenters. The molecule has 4 heteroatoms. The van der Waals surface area contributed by atoms with Crippen molar-refractivity contribution in [3.05, 3.63) is 58.9 Å². The summed E-state index contributed by atoms with van der Waals surface area (Å²) in [6.45, 7) is 0. The molecule has 1 aromatic heterocycles. The molecule has 1 aromatic carbocycles. The number of ether oxygens (including phenoxy) is 1. The molecule has 1 N–H and O–H groups in total. The number of methoxy groups -OCH3 is 1. The fourth-order valence-corrected chi connectivity index (χ4v) is 2.47. The van der Waals surface area contributed by atoms with E-state index in [0.29, 0.717) is 0 Å². The summed E-state index contributed by atoms with van der Waals surface area (Å²) in [5, 5.41) is 4.06. The molecule has 0 bridgehead atoms. The van der Waals surface area contributed by atoms with Crippen LogP contribution >= 0.6 is 11.6 Å². The zero-order valence-corrected chi connectivity index (χ0v) is 12.5. The minimum atomic E-state index is 0.205. The largest absolute Gasteiger partial charge is 0.496 e. The smallest absolute Gasteiger partial charge is 0.123 e. The van der Waals surface area contributed by atoms with Crippen LogP contribution in [0.3, 0.4) is 0 Å². The number of nitrogens with zero attached hydrogens (tertiary/aromatic N) is 1. The molecule has 0 saturated carbocycles. The van der Waals surface area contributed by atoms with E-state index in [-0.39, 0.29) is 6.04 Å². The van der Waals surface area contributed by atoms with Gasteiger partial charge in [0.05, 0.1) is 7.11 Å². The Morgan fingerprint density at radius 3 is 2.65 bits per heavy atom. The molecule has 0 aliphatic carbocycles. The van der Waals surface area contributed by atoms with E-state index in [2.05, 4.69) is 10.3 Å². The van der Waals surface area contributed by atoms with E-state index >= 15 is 0 Å². The molecule has 2 aromatic rings. The van der Waals surface area contributed by atoms with Gasteiger partial charge in [-0.2, -0.15) is 0 Å². The second-order valence-electron chi connectivity index (χ2n) is 4.62. The number of hydrogen-bond donors (Lipinski definition) is 1. The summed E-state index contributed by atoms with van der Waals surface area (Å²) in [4.78, 5) is 4.04. The highest BCUT2D eigenvalue weighted by Crippen LogP contribution is 2.30. The van der Waals surface area contributed by atoms with Gasteiger partial charge in [0.25, 0.3) is 0 Å². The molecule has 0 amide bonds. The monoisotopic (exact) mass is 290 g/mol. The lowest BCUT2D eigenvalue weighted by atomic mass is 9.98. The van der Waals surface area contributed by atoms with Gasteiger partial charge in [-0.25, -0.2) is 0 Å².